The summed E-state index contributed by atoms with van der Waals surface area (Å²) in [6.45, 7) is 4.21. The maximum absolute atomic E-state index is 12.6. The second-order valence-corrected chi connectivity index (χ2v) is 6.64. The molecule has 2 amide bonds. The fourth-order valence-electron chi connectivity index (χ4n) is 2.95. The van der Waals surface area contributed by atoms with E-state index in [1.54, 1.807) is 38.5 Å². The minimum atomic E-state index is -1.13. The highest BCUT2D eigenvalue weighted by Crippen LogP contribution is 2.28. The van der Waals surface area contributed by atoms with E-state index in [2.05, 4.69) is 10.3 Å². The topological polar surface area (TPSA) is 80.2 Å². The number of amides is 2. The van der Waals surface area contributed by atoms with Gasteiger partial charge in [0, 0.05) is 6.20 Å². The molecule has 3 rings (SSSR count). The van der Waals surface area contributed by atoms with Gasteiger partial charge in [-0.25, -0.2) is 0 Å². The predicted molar refractivity (Wildman–Crippen MR) is 102 cm³/mol. The van der Waals surface area contributed by atoms with E-state index in [0.29, 0.717) is 23.9 Å². The number of allylic oxidation sites excluding steroid dienone is 2. The zero-order chi connectivity index (χ0) is 19.4. The van der Waals surface area contributed by atoms with Gasteiger partial charge < -0.3 is 14.8 Å². The molecular formula is C20H23N3O4. The number of benzene rings is 1. The average molecular weight is 369 g/mol. The number of methoxy groups -OCH3 is 1. The first-order chi connectivity index (χ1) is 12.9. The molecule has 2 heterocycles. The third kappa shape index (κ3) is 4.02. The van der Waals surface area contributed by atoms with Crippen molar-refractivity contribution in [1.82, 2.24) is 10.2 Å². The third-order valence-corrected chi connectivity index (χ3v) is 4.42. The van der Waals surface area contributed by atoms with Crippen LogP contribution in [0, 0.1) is 6.92 Å². The van der Waals surface area contributed by atoms with E-state index < -0.39 is 5.54 Å². The first-order valence-electron chi connectivity index (χ1n) is 8.75. The summed E-state index contributed by atoms with van der Waals surface area (Å²) in [5.41, 5.74) is -0.0536. The highest BCUT2D eigenvalue weighted by atomic mass is 16.5. The Hall–Kier alpha value is -3.09. The molecule has 142 valence electrons. The Morgan fingerprint density at radius 2 is 2.15 bits per heavy atom. The zero-order valence-electron chi connectivity index (χ0n) is 15.7. The molecule has 0 fully saturated rings. The predicted octanol–water partition coefficient (Wildman–Crippen LogP) is 1.97. The lowest BCUT2D eigenvalue weighted by Gasteiger charge is -2.33. The number of nitrogens with zero attached hydrogens (tertiary/aromatic N) is 2. The molecule has 0 radical (unpaired) electrons. The Kier molecular flexibility index (Phi) is 5.30. The standard InChI is InChI=1S/C20H23N3O4/c1-14-7-8-15(16(12-14)26-3)27-11-9-21-19(25)20(2)13-18(24)23-10-5-4-6-17(23)22-20/h4-8,10,12H,9,11,13H2,1-3H3,(H,21,25). The molecule has 7 heteroatoms. The fourth-order valence-corrected chi connectivity index (χ4v) is 2.95. The summed E-state index contributed by atoms with van der Waals surface area (Å²) in [7, 11) is 1.59. The van der Waals surface area contributed by atoms with Crippen molar-refractivity contribution < 1.29 is 19.1 Å². The van der Waals surface area contributed by atoms with Crippen molar-refractivity contribution in [3.8, 4) is 11.5 Å². The van der Waals surface area contributed by atoms with Crippen LogP contribution in [0.4, 0.5) is 0 Å². The molecule has 1 N–H and O–H groups in total. The lowest BCUT2D eigenvalue weighted by molar-refractivity contribution is -0.134. The summed E-state index contributed by atoms with van der Waals surface area (Å²) < 4.78 is 11.0. The molecule has 7 nitrogen and oxygen atoms in total. The molecule has 2 aliphatic heterocycles. The minimum absolute atomic E-state index is 0.0210. The average Bonchev–Trinajstić information content (AvgIpc) is 2.65. The van der Waals surface area contributed by atoms with Crippen molar-refractivity contribution in [3.05, 3.63) is 48.2 Å². The minimum Gasteiger partial charge on any atom is -0.493 e. The summed E-state index contributed by atoms with van der Waals surface area (Å²) >= 11 is 0. The summed E-state index contributed by atoms with van der Waals surface area (Å²) in [4.78, 5) is 30.8. The first kappa shape index (κ1) is 18.7. The highest BCUT2D eigenvalue weighted by molar-refractivity contribution is 6.11. The number of hydrogen-bond donors (Lipinski definition) is 1. The molecule has 1 unspecified atom stereocenters. The number of rotatable bonds is 6. The Bertz CT molecular complexity index is 844. The lowest BCUT2D eigenvalue weighted by Crippen LogP contribution is -2.52. The van der Waals surface area contributed by atoms with Gasteiger partial charge in [0.1, 0.15) is 18.0 Å². The summed E-state index contributed by atoms with van der Waals surface area (Å²) in [6.07, 6.45) is 6.94. The van der Waals surface area contributed by atoms with Gasteiger partial charge >= 0.3 is 0 Å². The number of amidine groups is 1. The van der Waals surface area contributed by atoms with Crippen molar-refractivity contribution in [1.29, 1.82) is 0 Å². The van der Waals surface area contributed by atoms with Crippen LogP contribution in [0.5, 0.6) is 11.5 Å². The van der Waals surface area contributed by atoms with Crippen molar-refractivity contribution in [3.63, 3.8) is 0 Å². The second kappa shape index (κ2) is 7.65. The molecular weight excluding hydrogens is 346 g/mol. The Morgan fingerprint density at radius 1 is 1.33 bits per heavy atom. The Balaban J connectivity index is 1.57. The molecule has 0 spiro atoms. The number of aryl methyl sites for hydroxylation is 1. The van der Waals surface area contributed by atoms with Crippen LogP contribution in [-0.4, -0.2) is 48.4 Å². The van der Waals surface area contributed by atoms with Crippen LogP contribution in [0.3, 0.4) is 0 Å². The van der Waals surface area contributed by atoms with Crippen molar-refractivity contribution >= 4 is 17.6 Å². The molecule has 1 aromatic carbocycles. The van der Waals surface area contributed by atoms with Crippen LogP contribution < -0.4 is 14.8 Å². The molecule has 1 atom stereocenters. The van der Waals surface area contributed by atoms with Crippen LogP contribution in [0.1, 0.15) is 18.9 Å². The summed E-state index contributed by atoms with van der Waals surface area (Å²) in [5.74, 6) is 1.29. The van der Waals surface area contributed by atoms with Gasteiger partial charge in [0.05, 0.1) is 20.1 Å². The molecule has 0 aromatic heterocycles. The Morgan fingerprint density at radius 3 is 2.93 bits per heavy atom. The van der Waals surface area contributed by atoms with Gasteiger partial charge in [0.25, 0.3) is 0 Å². The highest BCUT2D eigenvalue weighted by Gasteiger charge is 2.41. The van der Waals surface area contributed by atoms with Gasteiger partial charge in [-0.3, -0.25) is 19.5 Å². The van der Waals surface area contributed by atoms with Crippen LogP contribution in [0.2, 0.25) is 0 Å². The first-order valence-corrected chi connectivity index (χ1v) is 8.75. The molecule has 2 aliphatic rings. The van der Waals surface area contributed by atoms with E-state index in [1.807, 2.05) is 25.1 Å². The van der Waals surface area contributed by atoms with Crippen LogP contribution >= 0.6 is 0 Å². The van der Waals surface area contributed by atoms with Crippen molar-refractivity contribution in [2.75, 3.05) is 20.3 Å². The molecule has 1 aromatic rings. The molecule has 27 heavy (non-hydrogen) atoms. The fraction of sp³-hybridized carbons (Fsp3) is 0.350. The van der Waals surface area contributed by atoms with E-state index in [9.17, 15) is 9.59 Å². The van der Waals surface area contributed by atoms with Gasteiger partial charge in [-0.2, -0.15) is 0 Å². The molecule has 0 bridgehead atoms. The summed E-state index contributed by atoms with van der Waals surface area (Å²) in [6, 6.07) is 5.65. The van der Waals surface area contributed by atoms with Gasteiger partial charge in [-0.05, 0) is 43.7 Å². The number of carbonyl (C=O) groups excluding carboxylic acids is 2. The van der Waals surface area contributed by atoms with Crippen LogP contribution in [0.15, 0.2) is 47.6 Å². The number of carbonyl (C=O) groups is 2. The lowest BCUT2D eigenvalue weighted by atomic mass is 9.94. The van der Waals surface area contributed by atoms with Crippen LogP contribution in [-0.2, 0) is 9.59 Å². The maximum Gasteiger partial charge on any atom is 0.248 e. The summed E-state index contributed by atoms with van der Waals surface area (Å²) in [5, 5.41) is 2.80. The van der Waals surface area contributed by atoms with Crippen LogP contribution in [0.25, 0.3) is 0 Å². The number of nitrogens with one attached hydrogen (secondary N) is 1. The van der Waals surface area contributed by atoms with Gasteiger partial charge in [-0.1, -0.05) is 12.1 Å². The number of aliphatic imine (C=N–C) groups is 1. The van der Waals surface area contributed by atoms with Gasteiger partial charge in [-0.15, -0.1) is 0 Å². The zero-order valence-corrected chi connectivity index (χ0v) is 15.7. The molecule has 0 saturated heterocycles. The normalized spacial score (nSPS) is 20.8. The quantitative estimate of drug-likeness (QED) is 0.778. The Labute approximate surface area is 158 Å². The monoisotopic (exact) mass is 369 g/mol. The molecule has 0 saturated carbocycles. The van der Waals surface area contributed by atoms with E-state index in [4.69, 9.17) is 9.47 Å². The number of fused-ring (bicyclic) bond motifs is 1. The number of hydrogen-bond acceptors (Lipinski definition) is 5. The van der Waals surface area contributed by atoms with E-state index >= 15 is 0 Å². The number of ether oxygens (including phenoxy) is 2. The van der Waals surface area contributed by atoms with Crippen molar-refractivity contribution in [2.24, 2.45) is 4.99 Å². The largest absolute Gasteiger partial charge is 0.493 e. The smallest absolute Gasteiger partial charge is 0.248 e. The SMILES string of the molecule is COc1cc(C)ccc1OCCNC(=O)C1(C)CC(=O)N2C=CC=CC2=N1. The van der Waals surface area contributed by atoms with E-state index in [0.717, 1.165) is 5.56 Å². The van der Waals surface area contributed by atoms with Crippen molar-refractivity contribution in [2.45, 2.75) is 25.8 Å². The molecule has 0 aliphatic carbocycles. The second-order valence-electron chi connectivity index (χ2n) is 6.64. The third-order valence-electron chi connectivity index (χ3n) is 4.42. The van der Waals surface area contributed by atoms with Gasteiger partial charge in [0.2, 0.25) is 11.8 Å². The van der Waals surface area contributed by atoms with Gasteiger partial charge in [0.15, 0.2) is 11.5 Å². The van der Waals surface area contributed by atoms with E-state index in [-0.39, 0.29) is 24.8 Å². The maximum atomic E-state index is 12.6. The van der Waals surface area contributed by atoms with E-state index in [1.165, 1.54) is 4.90 Å².